The first kappa shape index (κ1) is 18.6. The monoisotopic (exact) mass is 390 g/mol. The lowest BCUT2D eigenvalue weighted by atomic mass is 10.1. The van der Waals surface area contributed by atoms with Crippen LogP contribution in [0.2, 0.25) is 0 Å². The normalized spacial score (nSPS) is 11.1. The number of para-hydroxylation sites is 1. The summed E-state index contributed by atoms with van der Waals surface area (Å²) in [6, 6.07) is 15.3. The third-order valence-corrected chi connectivity index (χ3v) is 5.19. The summed E-state index contributed by atoms with van der Waals surface area (Å²) in [5.74, 6) is 0.123. The smallest absolute Gasteiger partial charge is 0.298 e. The fraction of sp³-hybridized carbons (Fsp3) is 0.136. The molecule has 0 aliphatic carbocycles. The molecule has 0 amide bonds. The van der Waals surface area contributed by atoms with Crippen LogP contribution in [0.5, 0.6) is 0 Å². The summed E-state index contributed by atoms with van der Waals surface area (Å²) in [5, 5.41) is 21.7. The van der Waals surface area contributed by atoms with Crippen LogP contribution in [0.3, 0.4) is 0 Å². The predicted octanol–water partition coefficient (Wildman–Crippen LogP) is 4.61. The molecule has 2 aromatic heterocycles. The van der Waals surface area contributed by atoms with Crippen molar-refractivity contribution in [2.75, 3.05) is 0 Å². The number of furan rings is 1. The van der Waals surface area contributed by atoms with Crippen LogP contribution in [-0.4, -0.2) is 20.5 Å². The highest BCUT2D eigenvalue weighted by atomic mass is 16.6. The molecule has 2 heterocycles. The number of aliphatic hydroxyl groups excluding tert-OH is 1. The largest absolute Gasteiger partial charge is 0.451 e. The number of benzene rings is 2. The number of carbonyl (C=O) groups excluding carboxylic acids is 1. The fourth-order valence-corrected chi connectivity index (χ4v) is 3.69. The summed E-state index contributed by atoms with van der Waals surface area (Å²) in [5.41, 5.74) is 3.04. The molecule has 1 N–H and O–H groups in total. The van der Waals surface area contributed by atoms with Gasteiger partial charge in [-0.05, 0) is 32.0 Å². The number of aliphatic hydroxyl groups is 1. The number of hydrogen-bond acceptors (Lipinski definition) is 5. The molecule has 0 aliphatic rings. The lowest BCUT2D eigenvalue weighted by Crippen LogP contribution is -2.12. The second-order valence-corrected chi connectivity index (χ2v) is 6.75. The quantitative estimate of drug-likeness (QED) is 0.405. The molecular formula is C22H18N2O5. The van der Waals surface area contributed by atoms with Crippen LogP contribution >= 0.6 is 0 Å². The van der Waals surface area contributed by atoms with Gasteiger partial charge < -0.3 is 9.52 Å². The standard InChI is InChI=1S/C22H18N2O5/c1-13-15(7-5-9-18(13)24(27)28)20-10-11-21(29-20)22(26)23-14(2)17(12-25)16-6-3-4-8-19(16)23/h3-11,25H,12H2,1-2H3. The Balaban J connectivity index is 1.80. The van der Waals surface area contributed by atoms with E-state index in [0.717, 1.165) is 5.39 Å². The number of rotatable bonds is 4. The topological polar surface area (TPSA) is 98.5 Å². The molecule has 0 saturated carbocycles. The zero-order valence-corrected chi connectivity index (χ0v) is 15.9. The van der Waals surface area contributed by atoms with E-state index in [1.807, 2.05) is 24.3 Å². The molecule has 0 bridgehead atoms. The van der Waals surface area contributed by atoms with Crippen molar-refractivity contribution >= 4 is 22.5 Å². The van der Waals surface area contributed by atoms with E-state index in [9.17, 15) is 20.0 Å². The van der Waals surface area contributed by atoms with Gasteiger partial charge in [-0.3, -0.25) is 19.5 Å². The van der Waals surface area contributed by atoms with E-state index in [4.69, 9.17) is 4.42 Å². The first-order chi connectivity index (χ1) is 13.9. The fourth-order valence-electron chi connectivity index (χ4n) is 3.69. The Labute approximate surface area is 166 Å². The van der Waals surface area contributed by atoms with Gasteiger partial charge >= 0.3 is 0 Å². The molecule has 29 heavy (non-hydrogen) atoms. The first-order valence-corrected chi connectivity index (χ1v) is 9.02. The number of carbonyl (C=O) groups is 1. The molecule has 146 valence electrons. The SMILES string of the molecule is Cc1c(-c2ccc(C(=O)n3c(C)c(CO)c4ccccc43)o2)cccc1[N+](=O)[O-]. The Kier molecular flexibility index (Phi) is 4.52. The number of nitrogens with zero attached hydrogens (tertiary/aromatic N) is 2. The number of hydrogen-bond donors (Lipinski definition) is 1. The zero-order valence-electron chi connectivity index (χ0n) is 15.9. The van der Waals surface area contributed by atoms with Crippen LogP contribution in [0.15, 0.2) is 59.0 Å². The first-order valence-electron chi connectivity index (χ1n) is 9.02. The molecule has 2 aromatic carbocycles. The molecule has 0 fully saturated rings. The number of nitro groups is 1. The second-order valence-electron chi connectivity index (χ2n) is 6.75. The summed E-state index contributed by atoms with van der Waals surface area (Å²) in [4.78, 5) is 23.9. The van der Waals surface area contributed by atoms with Crippen LogP contribution < -0.4 is 0 Å². The van der Waals surface area contributed by atoms with E-state index in [1.165, 1.54) is 10.6 Å². The van der Waals surface area contributed by atoms with Gasteiger partial charge in [-0.2, -0.15) is 0 Å². The molecule has 0 radical (unpaired) electrons. The van der Waals surface area contributed by atoms with E-state index < -0.39 is 4.92 Å². The van der Waals surface area contributed by atoms with Gasteiger partial charge in [0.05, 0.1) is 17.0 Å². The highest BCUT2D eigenvalue weighted by Gasteiger charge is 2.23. The summed E-state index contributed by atoms with van der Waals surface area (Å²) >= 11 is 0. The Hall–Kier alpha value is -3.71. The van der Waals surface area contributed by atoms with Crippen LogP contribution in [0.1, 0.15) is 27.4 Å². The molecular weight excluding hydrogens is 372 g/mol. The van der Waals surface area contributed by atoms with E-state index in [2.05, 4.69) is 0 Å². The summed E-state index contributed by atoms with van der Waals surface area (Å²) in [6.45, 7) is 3.25. The van der Waals surface area contributed by atoms with Crippen LogP contribution in [-0.2, 0) is 6.61 Å². The predicted molar refractivity (Wildman–Crippen MR) is 108 cm³/mol. The van der Waals surface area contributed by atoms with Crippen LogP contribution in [0.4, 0.5) is 5.69 Å². The third kappa shape index (κ3) is 2.92. The van der Waals surface area contributed by atoms with Crippen molar-refractivity contribution in [3.8, 4) is 11.3 Å². The summed E-state index contributed by atoms with van der Waals surface area (Å²) in [6.07, 6.45) is 0. The van der Waals surface area contributed by atoms with Crippen molar-refractivity contribution in [2.24, 2.45) is 0 Å². The van der Waals surface area contributed by atoms with Crippen LogP contribution in [0, 0.1) is 24.0 Å². The van der Waals surface area contributed by atoms with E-state index in [1.54, 1.807) is 38.1 Å². The maximum atomic E-state index is 13.2. The van der Waals surface area contributed by atoms with Gasteiger partial charge in [0, 0.05) is 33.8 Å². The molecule has 7 nitrogen and oxygen atoms in total. The van der Waals surface area contributed by atoms with Crippen molar-refractivity contribution in [3.63, 3.8) is 0 Å². The zero-order chi connectivity index (χ0) is 20.7. The highest BCUT2D eigenvalue weighted by molar-refractivity contribution is 6.02. The van der Waals surface area contributed by atoms with Crippen molar-refractivity contribution in [2.45, 2.75) is 20.5 Å². The van der Waals surface area contributed by atoms with Crippen LogP contribution in [0.25, 0.3) is 22.2 Å². The molecule has 7 heteroatoms. The van der Waals surface area contributed by atoms with Gasteiger partial charge in [-0.15, -0.1) is 0 Å². The molecule has 0 aliphatic heterocycles. The Morgan fingerprint density at radius 1 is 1.10 bits per heavy atom. The maximum Gasteiger partial charge on any atom is 0.298 e. The van der Waals surface area contributed by atoms with Crippen molar-refractivity contribution < 1.29 is 19.2 Å². The van der Waals surface area contributed by atoms with Gasteiger partial charge in [-0.25, -0.2) is 0 Å². The van der Waals surface area contributed by atoms with E-state index in [0.29, 0.717) is 33.7 Å². The molecule has 4 rings (SSSR count). The lowest BCUT2D eigenvalue weighted by Gasteiger charge is -2.06. The summed E-state index contributed by atoms with van der Waals surface area (Å²) in [7, 11) is 0. The second kappa shape index (κ2) is 7.03. The minimum atomic E-state index is -0.445. The number of fused-ring (bicyclic) bond motifs is 1. The summed E-state index contributed by atoms with van der Waals surface area (Å²) < 4.78 is 7.31. The van der Waals surface area contributed by atoms with Gasteiger partial charge in [0.1, 0.15) is 5.76 Å². The third-order valence-electron chi connectivity index (χ3n) is 5.19. The number of nitro benzene ring substituents is 1. The van der Waals surface area contributed by atoms with Crippen molar-refractivity contribution in [1.82, 2.24) is 4.57 Å². The minimum Gasteiger partial charge on any atom is -0.451 e. The Bertz CT molecular complexity index is 1270. The Morgan fingerprint density at radius 2 is 1.86 bits per heavy atom. The number of aromatic nitrogens is 1. The average molecular weight is 390 g/mol. The minimum absolute atomic E-state index is 0.00777. The van der Waals surface area contributed by atoms with Gasteiger partial charge in [-0.1, -0.05) is 30.3 Å². The average Bonchev–Trinajstić information content (AvgIpc) is 3.29. The Morgan fingerprint density at radius 3 is 2.59 bits per heavy atom. The molecule has 4 aromatic rings. The van der Waals surface area contributed by atoms with Gasteiger partial charge in [0.2, 0.25) is 0 Å². The molecule has 0 spiro atoms. The maximum absolute atomic E-state index is 13.2. The van der Waals surface area contributed by atoms with Crippen molar-refractivity contribution in [1.29, 1.82) is 0 Å². The lowest BCUT2D eigenvalue weighted by molar-refractivity contribution is -0.385. The molecule has 0 saturated heterocycles. The van der Waals surface area contributed by atoms with Gasteiger partial charge in [0.25, 0.3) is 11.6 Å². The van der Waals surface area contributed by atoms with E-state index >= 15 is 0 Å². The molecule has 0 atom stereocenters. The molecule has 0 unspecified atom stereocenters. The highest BCUT2D eigenvalue weighted by Crippen LogP contribution is 2.32. The van der Waals surface area contributed by atoms with Gasteiger partial charge in [0.15, 0.2) is 5.76 Å². The van der Waals surface area contributed by atoms with E-state index in [-0.39, 0.29) is 24.0 Å². The van der Waals surface area contributed by atoms with Crippen molar-refractivity contribution in [3.05, 3.63) is 87.3 Å².